The quantitative estimate of drug-likeness (QED) is 0.414. The number of rotatable bonds is 5. The maximum atomic E-state index is 13.4. The second-order valence-corrected chi connectivity index (χ2v) is 4.85. The summed E-state index contributed by atoms with van der Waals surface area (Å²) >= 11 is 0. The number of halogens is 1. The minimum Gasteiger partial charge on any atom is -0.504 e. The van der Waals surface area contributed by atoms with Crippen LogP contribution in [0.2, 0.25) is 0 Å². The number of aromatic hydroxyl groups is 3. The van der Waals surface area contributed by atoms with E-state index >= 15 is 0 Å². The van der Waals surface area contributed by atoms with Gasteiger partial charge in [0.15, 0.2) is 17.2 Å². The zero-order valence-corrected chi connectivity index (χ0v) is 12.4. The van der Waals surface area contributed by atoms with Crippen LogP contribution >= 0.6 is 0 Å². The predicted molar refractivity (Wildman–Crippen MR) is 82.5 cm³/mol. The molecule has 7 nitrogen and oxygen atoms in total. The Morgan fingerprint density at radius 3 is 2.04 bits per heavy atom. The molecule has 0 fully saturated rings. The molecule has 0 spiro atoms. The smallest absolute Gasteiger partial charge is 0.254 e. The summed E-state index contributed by atoms with van der Waals surface area (Å²) in [6, 6.07) is 7.48. The molecule has 0 radical (unpaired) electrons. The number of phenols is 3. The molecule has 0 aliphatic carbocycles. The number of carbonyl (C=O) groups is 2. The first-order chi connectivity index (χ1) is 11.4. The molecule has 126 valence electrons. The van der Waals surface area contributed by atoms with Crippen molar-refractivity contribution in [2.75, 3.05) is 13.1 Å². The lowest BCUT2D eigenvalue weighted by atomic mass is 10.1. The Kier molecular flexibility index (Phi) is 5.20. The number of hydrogen-bond donors (Lipinski definition) is 5. The van der Waals surface area contributed by atoms with Gasteiger partial charge in [0, 0.05) is 18.7 Å². The topological polar surface area (TPSA) is 119 Å². The van der Waals surface area contributed by atoms with Gasteiger partial charge in [-0.05, 0) is 24.3 Å². The van der Waals surface area contributed by atoms with E-state index in [-0.39, 0.29) is 24.2 Å². The summed E-state index contributed by atoms with van der Waals surface area (Å²) in [5.74, 6) is -3.86. The zero-order chi connectivity index (χ0) is 17.7. The van der Waals surface area contributed by atoms with E-state index in [9.17, 15) is 29.3 Å². The van der Waals surface area contributed by atoms with E-state index in [2.05, 4.69) is 10.6 Å². The van der Waals surface area contributed by atoms with Gasteiger partial charge in [-0.1, -0.05) is 12.1 Å². The Bertz CT molecular complexity index is 756. The van der Waals surface area contributed by atoms with Crippen LogP contribution in [-0.4, -0.2) is 40.2 Å². The average molecular weight is 334 g/mol. The van der Waals surface area contributed by atoms with E-state index in [1.165, 1.54) is 24.3 Å². The normalized spacial score (nSPS) is 10.2. The van der Waals surface area contributed by atoms with Gasteiger partial charge in [-0.15, -0.1) is 0 Å². The number of phenolic OH excluding ortho intramolecular Hbond substituents is 3. The molecule has 2 amide bonds. The number of carbonyl (C=O) groups excluding carboxylic acids is 2. The van der Waals surface area contributed by atoms with Crippen LogP contribution in [0.3, 0.4) is 0 Å². The van der Waals surface area contributed by atoms with Crippen LogP contribution in [0.4, 0.5) is 4.39 Å². The number of nitrogens with one attached hydrogen (secondary N) is 2. The van der Waals surface area contributed by atoms with Crippen molar-refractivity contribution < 1.29 is 29.3 Å². The van der Waals surface area contributed by atoms with E-state index in [1.807, 2.05) is 0 Å². The van der Waals surface area contributed by atoms with Crippen LogP contribution < -0.4 is 10.6 Å². The highest BCUT2D eigenvalue weighted by Crippen LogP contribution is 2.35. The van der Waals surface area contributed by atoms with Gasteiger partial charge in [-0.3, -0.25) is 9.59 Å². The summed E-state index contributed by atoms with van der Waals surface area (Å²) in [6.45, 7) is 0.0936. The predicted octanol–water partition coefficient (Wildman–Crippen LogP) is 1.10. The van der Waals surface area contributed by atoms with Gasteiger partial charge in [0.2, 0.25) is 0 Å². The molecule has 0 unspecified atom stereocenters. The molecule has 2 rings (SSSR count). The molecule has 0 saturated carbocycles. The maximum Gasteiger partial charge on any atom is 0.254 e. The van der Waals surface area contributed by atoms with Crippen LogP contribution in [-0.2, 0) is 0 Å². The first kappa shape index (κ1) is 17.1. The molecule has 2 aromatic carbocycles. The van der Waals surface area contributed by atoms with E-state index in [0.29, 0.717) is 0 Å². The number of hydrogen-bond acceptors (Lipinski definition) is 5. The SMILES string of the molecule is O=C(NCCNC(=O)c1ccccc1F)c1cc(O)c(O)c(O)c1. The van der Waals surface area contributed by atoms with Crippen molar-refractivity contribution >= 4 is 11.8 Å². The lowest BCUT2D eigenvalue weighted by Gasteiger charge is -2.09. The van der Waals surface area contributed by atoms with Gasteiger partial charge in [0.25, 0.3) is 11.8 Å². The fourth-order valence-electron chi connectivity index (χ4n) is 1.93. The van der Waals surface area contributed by atoms with Crippen LogP contribution in [0.15, 0.2) is 36.4 Å². The van der Waals surface area contributed by atoms with Crippen molar-refractivity contribution in [1.29, 1.82) is 0 Å². The summed E-state index contributed by atoms with van der Waals surface area (Å²) < 4.78 is 13.4. The lowest BCUT2D eigenvalue weighted by Crippen LogP contribution is -2.35. The van der Waals surface area contributed by atoms with Crippen LogP contribution in [0.25, 0.3) is 0 Å². The summed E-state index contributed by atoms with van der Waals surface area (Å²) in [6.07, 6.45) is 0. The monoisotopic (exact) mass is 334 g/mol. The second-order valence-electron chi connectivity index (χ2n) is 4.85. The zero-order valence-electron chi connectivity index (χ0n) is 12.4. The lowest BCUT2D eigenvalue weighted by molar-refractivity contribution is 0.0925. The highest BCUT2D eigenvalue weighted by molar-refractivity contribution is 5.96. The van der Waals surface area contributed by atoms with Crippen molar-refractivity contribution in [1.82, 2.24) is 10.6 Å². The molecule has 24 heavy (non-hydrogen) atoms. The van der Waals surface area contributed by atoms with Crippen LogP contribution in [0.1, 0.15) is 20.7 Å². The van der Waals surface area contributed by atoms with Gasteiger partial charge in [-0.2, -0.15) is 0 Å². The molecule has 2 aromatic rings. The minimum atomic E-state index is -0.719. The number of amides is 2. The first-order valence-electron chi connectivity index (χ1n) is 6.96. The molecule has 0 heterocycles. The van der Waals surface area contributed by atoms with E-state index in [0.717, 1.165) is 12.1 Å². The van der Waals surface area contributed by atoms with E-state index in [1.54, 1.807) is 0 Å². The second kappa shape index (κ2) is 7.32. The van der Waals surface area contributed by atoms with Gasteiger partial charge in [-0.25, -0.2) is 4.39 Å². The Morgan fingerprint density at radius 2 is 1.46 bits per heavy atom. The molecule has 0 aliphatic rings. The van der Waals surface area contributed by atoms with E-state index < -0.39 is 34.9 Å². The molecule has 0 aliphatic heterocycles. The fraction of sp³-hybridized carbons (Fsp3) is 0.125. The Labute approximate surface area is 136 Å². The maximum absolute atomic E-state index is 13.4. The van der Waals surface area contributed by atoms with Crippen molar-refractivity contribution in [3.63, 3.8) is 0 Å². The average Bonchev–Trinajstić information content (AvgIpc) is 2.56. The van der Waals surface area contributed by atoms with Crippen LogP contribution in [0, 0.1) is 5.82 Å². The number of benzene rings is 2. The van der Waals surface area contributed by atoms with Gasteiger partial charge < -0.3 is 26.0 Å². The van der Waals surface area contributed by atoms with Crippen molar-refractivity contribution in [3.05, 3.63) is 53.3 Å². The van der Waals surface area contributed by atoms with Gasteiger partial charge in [0.05, 0.1) is 5.56 Å². The molecule has 8 heteroatoms. The first-order valence-corrected chi connectivity index (χ1v) is 6.96. The molecule has 5 N–H and O–H groups in total. The molecule has 0 aromatic heterocycles. The Balaban J connectivity index is 1.85. The van der Waals surface area contributed by atoms with Crippen molar-refractivity contribution in [2.24, 2.45) is 0 Å². The molecular weight excluding hydrogens is 319 g/mol. The van der Waals surface area contributed by atoms with Gasteiger partial charge in [0.1, 0.15) is 5.82 Å². The third kappa shape index (κ3) is 3.92. The summed E-state index contributed by atoms with van der Waals surface area (Å²) in [7, 11) is 0. The Hall–Kier alpha value is -3.29. The van der Waals surface area contributed by atoms with Crippen LogP contribution in [0.5, 0.6) is 17.2 Å². The van der Waals surface area contributed by atoms with E-state index in [4.69, 9.17) is 0 Å². The standard InChI is InChI=1S/C16H15FN2O5/c17-11-4-2-1-3-10(11)16(24)19-6-5-18-15(23)9-7-12(20)14(22)13(21)8-9/h1-4,7-8,20-22H,5-6H2,(H,18,23)(H,19,24). The summed E-state index contributed by atoms with van der Waals surface area (Å²) in [5, 5.41) is 32.8. The summed E-state index contributed by atoms with van der Waals surface area (Å²) in [4.78, 5) is 23.6. The third-order valence-corrected chi connectivity index (χ3v) is 3.15. The third-order valence-electron chi connectivity index (χ3n) is 3.15. The van der Waals surface area contributed by atoms with Crippen molar-refractivity contribution in [3.8, 4) is 17.2 Å². The molecule has 0 bridgehead atoms. The highest BCUT2D eigenvalue weighted by Gasteiger charge is 2.14. The van der Waals surface area contributed by atoms with Gasteiger partial charge >= 0.3 is 0 Å². The van der Waals surface area contributed by atoms with Crippen molar-refractivity contribution in [2.45, 2.75) is 0 Å². The largest absolute Gasteiger partial charge is 0.504 e. The fourth-order valence-corrected chi connectivity index (χ4v) is 1.93. The minimum absolute atomic E-state index is 0.0431. The Morgan fingerprint density at radius 1 is 0.917 bits per heavy atom. The summed E-state index contributed by atoms with van der Waals surface area (Å²) in [5.41, 5.74) is -0.166. The molecule has 0 atom stereocenters. The highest BCUT2D eigenvalue weighted by atomic mass is 19.1. The molecular formula is C16H15FN2O5. The molecule has 0 saturated heterocycles.